The second-order valence-corrected chi connectivity index (χ2v) is 5.10. The summed E-state index contributed by atoms with van der Waals surface area (Å²) in [5.74, 6) is -0.440. The largest absolute Gasteiger partial charge is 0.291 e. The van der Waals surface area contributed by atoms with Gasteiger partial charge < -0.3 is 0 Å². The van der Waals surface area contributed by atoms with E-state index < -0.39 is 5.82 Å². The minimum absolute atomic E-state index is 0.216. The molecule has 108 valence electrons. The van der Waals surface area contributed by atoms with Crippen molar-refractivity contribution in [3.63, 3.8) is 0 Å². The number of aryl methyl sites for hydroxylation is 1. The third-order valence-electron chi connectivity index (χ3n) is 3.89. The Hall–Kier alpha value is -2.50. The summed E-state index contributed by atoms with van der Waals surface area (Å²) in [5, 5.41) is 4.47. The van der Waals surface area contributed by atoms with Gasteiger partial charge in [-0.05, 0) is 32.0 Å². The minimum Gasteiger partial charge on any atom is -0.291 e. The van der Waals surface area contributed by atoms with Crippen molar-refractivity contribution >= 4 is 10.9 Å². The first-order valence-corrected chi connectivity index (χ1v) is 6.64. The maximum Gasteiger partial charge on any atom is 0.261 e. The molecule has 0 bridgehead atoms. The molecule has 3 rings (SSSR count). The molecule has 2 aromatic heterocycles. The molecule has 0 spiro atoms. The Morgan fingerprint density at radius 3 is 2.76 bits per heavy atom. The van der Waals surface area contributed by atoms with Crippen LogP contribution in [-0.2, 0) is 7.05 Å². The van der Waals surface area contributed by atoms with E-state index in [9.17, 15) is 9.18 Å². The van der Waals surface area contributed by atoms with Crippen molar-refractivity contribution in [1.29, 1.82) is 0 Å². The summed E-state index contributed by atoms with van der Waals surface area (Å²) < 4.78 is 16.6. The van der Waals surface area contributed by atoms with E-state index in [-0.39, 0.29) is 17.0 Å². The van der Waals surface area contributed by atoms with E-state index in [0.717, 1.165) is 11.3 Å². The van der Waals surface area contributed by atoms with E-state index in [2.05, 4.69) is 10.1 Å². The van der Waals surface area contributed by atoms with Gasteiger partial charge in [-0.15, -0.1) is 0 Å². The van der Waals surface area contributed by atoms with Gasteiger partial charge in [0.05, 0.1) is 29.5 Å². The van der Waals surface area contributed by atoms with Crippen LogP contribution in [0.15, 0.2) is 35.5 Å². The molecular weight excluding hydrogens is 271 g/mol. The fourth-order valence-electron chi connectivity index (χ4n) is 2.46. The molecule has 0 aliphatic carbocycles. The molecule has 0 aliphatic heterocycles. The van der Waals surface area contributed by atoms with E-state index in [4.69, 9.17) is 0 Å². The zero-order valence-corrected chi connectivity index (χ0v) is 12.0. The molecular formula is C15H15FN4O. The number of fused-ring (bicyclic) bond motifs is 1. The predicted molar refractivity (Wildman–Crippen MR) is 77.7 cm³/mol. The molecule has 0 amide bonds. The van der Waals surface area contributed by atoms with Crippen molar-refractivity contribution in [2.45, 2.75) is 19.9 Å². The van der Waals surface area contributed by atoms with Gasteiger partial charge in [0.25, 0.3) is 5.56 Å². The van der Waals surface area contributed by atoms with Crippen LogP contribution in [0.2, 0.25) is 0 Å². The Kier molecular flexibility index (Phi) is 3.08. The summed E-state index contributed by atoms with van der Waals surface area (Å²) >= 11 is 0. The third-order valence-corrected chi connectivity index (χ3v) is 3.89. The third kappa shape index (κ3) is 2.12. The molecule has 0 aliphatic rings. The van der Waals surface area contributed by atoms with Crippen LogP contribution < -0.4 is 5.56 Å². The van der Waals surface area contributed by atoms with Gasteiger partial charge in [-0.3, -0.25) is 14.0 Å². The van der Waals surface area contributed by atoms with Gasteiger partial charge in [-0.1, -0.05) is 0 Å². The fraction of sp³-hybridized carbons (Fsp3) is 0.267. The van der Waals surface area contributed by atoms with E-state index in [1.807, 2.05) is 20.9 Å². The standard InChI is InChI=1S/C15H15FN4O/c1-9-13(7-18-19(9)3)10(2)20-8-17-14-5-4-11(16)6-12(14)15(20)21/h4-8,10H,1-3H3/t10-/m0/s1. The lowest BCUT2D eigenvalue weighted by atomic mass is 10.1. The minimum atomic E-state index is -0.440. The highest BCUT2D eigenvalue weighted by atomic mass is 19.1. The predicted octanol–water partition coefficient (Wildman–Crippen LogP) is 2.19. The van der Waals surface area contributed by atoms with E-state index in [0.29, 0.717) is 5.52 Å². The van der Waals surface area contributed by atoms with Crippen molar-refractivity contribution in [1.82, 2.24) is 19.3 Å². The summed E-state index contributed by atoms with van der Waals surface area (Å²) in [5.41, 5.74) is 2.16. The summed E-state index contributed by atoms with van der Waals surface area (Å²) in [6.07, 6.45) is 3.24. The summed E-state index contributed by atoms with van der Waals surface area (Å²) in [4.78, 5) is 16.8. The number of halogens is 1. The van der Waals surface area contributed by atoms with Gasteiger partial charge >= 0.3 is 0 Å². The van der Waals surface area contributed by atoms with Gasteiger partial charge in [0.1, 0.15) is 5.82 Å². The van der Waals surface area contributed by atoms with Gasteiger partial charge in [-0.25, -0.2) is 9.37 Å². The van der Waals surface area contributed by atoms with E-state index in [1.54, 1.807) is 10.9 Å². The highest BCUT2D eigenvalue weighted by Crippen LogP contribution is 2.20. The molecule has 21 heavy (non-hydrogen) atoms. The molecule has 0 saturated heterocycles. The van der Waals surface area contributed by atoms with Crippen LogP contribution in [-0.4, -0.2) is 19.3 Å². The number of nitrogens with zero attached hydrogens (tertiary/aromatic N) is 4. The average Bonchev–Trinajstić information content (AvgIpc) is 2.79. The van der Waals surface area contributed by atoms with Crippen molar-refractivity contribution in [3.05, 3.63) is 58.2 Å². The van der Waals surface area contributed by atoms with Crippen LogP contribution >= 0.6 is 0 Å². The lowest BCUT2D eigenvalue weighted by Crippen LogP contribution is -2.24. The smallest absolute Gasteiger partial charge is 0.261 e. The molecule has 0 N–H and O–H groups in total. The molecule has 2 heterocycles. The first-order chi connectivity index (χ1) is 9.99. The number of aromatic nitrogens is 4. The Morgan fingerprint density at radius 2 is 2.10 bits per heavy atom. The van der Waals surface area contributed by atoms with Crippen LogP contribution in [0.3, 0.4) is 0 Å². The zero-order valence-electron chi connectivity index (χ0n) is 12.0. The fourth-order valence-corrected chi connectivity index (χ4v) is 2.46. The van der Waals surface area contributed by atoms with Gasteiger partial charge in [0.2, 0.25) is 0 Å². The van der Waals surface area contributed by atoms with Crippen molar-refractivity contribution in [3.8, 4) is 0 Å². The first-order valence-electron chi connectivity index (χ1n) is 6.64. The zero-order chi connectivity index (χ0) is 15.1. The van der Waals surface area contributed by atoms with Crippen LogP contribution in [0.5, 0.6) is 0 Å². The second-order valence-electron chi connectivity index (χ2n) is 5.10. The van der Waals surface area contributed by atoms with Gasteiger partial charge in [0.15, 0.2) is 0 Å². The molecule has 0 radical (unpaired) electrons. The normalized spacial score (nSPS) is 12.8. The van der Waals surface area contributed by atoms with Crippen molar-refractivity contribution < 1.29 is 4.39 Å². The number of hydrogen-bond donors (Lipinski definition) is 0. The van der Waals surface area contributed by atoms with E-state index >= 15 is 0 Å². The highest BCUT2D eigenvalue weighted by molar-refractivity contribution is 5.77. The van der Waals surface area contributed by atoms with E-state index in [1.165, 1.54) is 29.1 Å². The monoisotopic (exact) mass is 286 g/mol. The molecule has 0 fully saturated rings. The number of hydrogen-bond acceptors (Lipinski definition) is 3. The quantitative estimate of drug-likeness (QED) is 0.725. The number of benzene rings is 1. The molecule has 5 nitrogen and oxygen atoms in total. The Labute approximate surface area is 120 Å². The molecule has 6 heteroatoms. The SMILES string of the molecule is Cc1c([C@H](C)n2cnc3ccc(F)cc3c2=O)cnn1C. The van der Waals surface area contributed by atoms with Crippen molar-refractivity contribution in [2.24, 2.45) is 7.05 Å². The lowest BCUT2D eigenvalue weighted by Gasteiger charge is -2.15. The van der Waals surface area contributed by atoms with Gasteiger partial charge in [-0.2, -0.15) is 5.10 Å². The topological polar surface area (TPSA) is 52.7 Å². The molecule has 0 saturated carbocycles. The summed E-state index contributed by atoms with van der Waals surface area (Å²) in [7, 11) is 1.85. The van der Waals surface area contributed by atoms with Crippen LogP contribution in [0.4, 0.5) is 4.39 Å². The first kappa shape index (κ1) is 13.5. The van der Waals surface area contributed by atoms with Gasteiger partial charge in [0, 0.05) is 18.3 Å². The molecule has 0 unspecified atom stereocenters. The molecule has 1 aromatic carbocycles. The maximum atomic E-state index is 13.4. The van der Waals surface area contributed by atoms with Crippen LogP contribution in [0, 0.1) is 12.7 Å². The van der Waals surface area contributed by atoms with Crippen LogP contribution in [0.25, 0.3) is 10.9 Å². The highest BCUT2D eigenvalue weighted by Gasteiger charge is 2.16. The summed E-state index contributed by atoms with van der Waals surface area (Å²) in [6, 6.07) is 3.82. The lowest BCUT2D eigenvalue weighted by molar-refractivity contribution is 0.601. The Bertz CT molecular complexity index is 881. The Morgan fingerprint density at radius 1 is 1.33 bits per heavy atom. The van der Waals surface area contributed by atoms with Crippen molar-refractivity contribution in [2.75, 3.05) is 0 Å². The maximum absolute atomic E-state index is 13.4. The van der Waals surface area contributed by atoms with Crippen LogP contribution in [0.1, 0.15) is 24.2 Å². The number of rotatable bonds is 2. The second kappa shape index (κ2) is 4.80. The summed E-state index contributed by atoms with van der Waals surface area (Å²) in [6.45, 7) is 3.84. The molecule has 3 aromatic rings. The average molecular weight is 286 g/mol. The Balaban J connectivity index is 2.19. The molecule has 1 atom stereocenters.